The van der Waals surface area contributed by atoms with Gasteiger partial charge in [0.2, 0.25) is 0 Å². The molecule has 2 aromatic carbocycles. The molecule has 0 aliphatic carbocycles. The quantitative estimate of drug-likeness (QED) is 0.274. The predicted molar refractivity (Wildman–Crippen MR) is 139 cm³/mol. The summed E-state index contributed by atoms with van der Waals surface area (Å²) in [7, 11) is 3.23. The molecular weight excluding hydrogens is 494 g/mol. The fraction of sp³-hybridized carbons (Fsp3) is 0.286. The van der Waals surface area contributed by atoms with Crippen LogP contribution < -0.4 is 9.47 Å². The number of carbonyl (C=O) groups is 1. The first kappa shape index (κ1) is 24.9. The van der Waals surface area contributed by atoms with E-state index in [1.165, 1.54) is 0 Å². The molecule has 0 saturated carbocycles. The Morgan fingerprint density at radius 3 is 2.73 bits per heavy atom. The van der Waals surface area contributed by atoms with E-state index in [2.05, 4.69) is 9.67 Å². The standard InChI is InChI=1S/C28H28ClN3O5/c1-4-36-28(33)23-12-14-30-32(23)16-13-24-22-8-6-15-31(22)21-11-10-18(29)17-20(21)26(37-24)19-7-5-9-25(34-2)27(19)35-3/h5-12,14-15,17,24,26H,4,13,16H2,1-3H3/t24-,26-/m0/s1. The second-order valence-corrected chi connectivity index (χ2v) is 8.98. The molecule has 0 fully saturated rings. The lowest BCUT2D eigenvalue weighted by Gasteiger charge is -2.25. The van der Waals surface area contributed by atoms with Gasteiger partial charge in [-0.15, -0.1) is 0 Å². The predicted octanol–water partition coefficient (Wildman–Crippen LogP) is 5.77. The molecule has 2 atom stereocenters. The highest BCUT2D eigenvalue weighted by atomic mass is 35.5. The number of aromatic nitrogens is 3. The first-order valence-electron chi connectivity index (χ1n) is 12.1. The van der Waals surface area contributed by atoms with E-state index >= 15 is 0 Å². The minimum Gasteiger partial charge on any atom is -0.493 e. The maximum Gasteiger partial charge on any atom is 0.356 e. The van der Waals surface area contributed by atoms with Crippen molar-refractivity contribution in [1.29, 1.82) is 0 Å². The normalized spacial score (nSPS) is 16.4. The van der Waals surface area contributed by atoms with Crippen LogP contribution in [0.5, 0.6) is 11.5 Å². The summed E-state index contributed by atoms with van der Waals surface area (Å²) < 4.78 is 27.2. The third-order valence-corrected chi connectivity index (χ3v) is 6.70. The van der Waals surface area contributed by atoms with Crippen LogP contribution in [0.3, 0.4) is 0 Å². The van der Waals surface area contributed by atoms with E-state index in [9.17, 15) is 4.79 Å². The van der Waals surface area contributed by atoms with Crippen LogP contribution in [-0.2, 0) is 16.0 Å². The zero-order chi connectivity index (χ0) is 25.9. The second-order valence-electron chi connectivity index (χ2n) is 8.54. The number of fused-ring (bicyclic) bond motifs is 3. The molecule has 0 spiro atoms. The number of nitrogens with zero attached hydrogens (tertiary/aromatic N) is 3. The van der Waals surface area contributed by atoms with Gasteiger partial charge in [-0.25, -0.2) is 4.79 Å². The summed E-state index contributed by atoms with van der Waals surface area (Å²) in [6, 6.07) is 17.3. The van der Waals surface area contributed by atoms with Gasteiger partial charge in [-0.05, 0) is 55.8 Å². The summed E-state index contributed by atoms with van der Waals surface area (Å²) in [4.78, 5) is 12.4. The van der Waals surface area contributed by atoms with E-state index in [-0.39, 0.29) is 6.10 Å². The van der Waals surface area contributed by atoms with E-state index in [0.29, 0.717) is 41.8 Å². The minimum absolute atomic E-state index is 0.300. The number of aryl methyl sites for hydroxylation is 1. The Hall–Kier alpha value is -3.75. The third kappa shape index (κ3) is 4.70. The smallest absolute Gasteiger partial charge is 0.356 e. The number of hydrogen-bond acceptors (Lipinski definition) is 6. The van der Waals surface area contributed by atoms with Gasteiger partial charge < -0.3 is 23.5 Å². The van der Waals surface area contributed by atoms with Crippen molar-refractivity contribution in [3.8, 4) is 17.2 Å². The summed E-state index contributed by atoms with van der Waals surface area (Å²) in [6.45, 7) is 2.53. The van der Waals surface area contributed by atoms with Crippen LogP contribution in [0.15, 0.2) is 67.0 Å². The largest absolute Gasteiger partial charge is 0.493 e. The van der Waals surface area contributed by atoms with Crippen LogP contribution in [0.2, 0.25) is 5.02 Å². The van der Waals surface area contributed by atoms with Crippen LogP contribution in [0.4, 0.5) is 0 Å². The molecule has 9 heteroatoms. The fourth-order valence-electron chi connectivity index (χ4n) is 4.84. The molecule has 0 saturated heterocycles. The molecule has 0 N–H and O–H groups in total. The van der Waals surface area contributed by atoms with Crippen molar-refractivity contribution in [2.45, 2.75) is 32.1 Å². The van der Waals surface area contributed by atoms with Crippen molar-refractivity contribution in [3.63, 3.8) is 0 Å². The number of methoxy groups -OCH3 is 2. The van der Waals surface area contributed by atoms with E-state index in [4.69, 9.17) is 30.5 Å². The van der Waals surface area contributed by atoms with Gasteiger partial charge in [0.25, 0.3) is 0 Å². The van der Waals surface area contributed by atoms with Gasteiger partial charge in [0.1, 0.15) is 17.9 Å². The van der Waals surface area contributed by atoms with Gasteiger partial charge in [-0.3, -0.25) is 4.68 Å². The number of hydrogen-bond donors (Lipinski definition) is 0. The summed E-state index contributed by atoms with van der Waals surface area (Å²) in [5.41, 5.74) is 4.09. The van der Waals surface area contributed by atoms with Crippen molar-refractivity contribution < 1.29 is 23.7 Å². The minimum atomic E-state index is -0.495. The van der Waals surface area contributed by atoms with Gasteiger partial charge in [0, 0.05) is 35.1 Å². The van der Waals surface area contributed by atoms with Crippen molar-refractivity contribution >= 4 is 17.6 Å². The molecule has 1 aliphatic heterocycles. The molecule has 0 unspecified atom stereocenters. The Labute approximate surface area is 220 Å². The number of benzene rings is 2. The first-order chi connectivity index (χ1) is 18.0. The number of esters is 1. The molecule has 192 valence electrons. The van der Waals surface area contributed by atoms with E-state index in [0.717, 1.165) is 22.5 Å². The van der Waals surface area contributed by atoms with E-state index in [1.807, 2.05) is 54.7 Å². The van der Waals surface area contributed by atoms with Crippen LogP contribution in [0, 0.1) is 0 Å². The zero-order valence-electron chi connectivity index (χ0n) is 20.9. The fourth-order valence-corrected chi connectivity index (χ4v) is 5.02. The zero-order valence-corrected chi connectivity index (χ0v) is 21.6. The van der Waals surface area contributed by atoms with Crippen LogP contribution in [-0.4, -0.2) is 41.1 Å². The van der Waals surface area contributed by atoms with Crippen LogP contribution in [0.25, 0.3) is 5.69 Å². The summed E-state index contributed by atoms with van der Waals surface area (Å²) in [5.74, 6) is 0.817. The highest BCUT2D eigenvalue weighted by Crippen LogP contribution is 2.46. The van der Waals surface area contributed by atoms with Crippen LogP contribution in [0.1, 0.15) is 52.9 Å². The molecule has 3 heterocycles. The molecule has 5 rings (SSSR count). The number of rotatable bonds is 8. The average Bonchev–Trinajstić information content (AvgIpc) is 3.56. The molecule has 2 aromatic heterocycles. The molecular formula is C28H28ClN3O5. The van der Waals surface area contributed by atoms with Crippen molar-refractivity contribution in [2.75, 3.05) is 20.8 Å². The van der Waals surface area contributed by atoms with Gasteiger partial charge in [-0.2, -0.15) is 5.10 Å². The third-order valence-electron chi connectivity index (χ3n) is 6.46. The monoisotopic (exact) mass is 521 g/mol. The number of halogens is 1. The van der Waals surface area contributed by atoms with Gasteiger partial charge in [0.05, 0.1) is 32.2 Å². The topological polar surface area (TPSA) is 76.7 Å². The lowest BCUT2D eigenvalue weighted by molar-refractivity contribution is -0.00195. The number of para-hydroxylation sites is 1. The Morgan fingerprint density at radius 2 is 1.95 bits per heavy atom. The highest BCUT2D eigenvalue weighted by Gasteiger charge is 2.33. The number of carbonyl (C=O) groups excluding carboxylic acids is 1. The van der Waals surface area contributed by atoms with Gasteiger partial charge in [0.15, 0.2) is 11.5 Å². The molecule has 37 heavy (non-hydrogen) atoms. The van der Waals surface area contributed by atoms with Crippen molar-refractivity contribution in [3.05, 3.63) is 94.5 Å². The lowest BCUT2D eigenvalue weighted by Crippen LogP contribution is -2.17. The first-order valence-corrected chi connectivity index (χ1v) is 12.5. The highest BCUT2D eigenvalue weighted by molar-refractivity contribution is 6.30. The molecule has 0 bridgehead atoms. The summed E-state index contributed by atoms with van der Waals surface area (Å²) in [6.07, 6.45) is 3.35. The molecule has 1 aliphatic rings. The van der Waals surface area contributed by atoms with Crippen LogP contribution >= 0.6 is 11.6 Å². The molecule has 8 nitrogen and oxygen atoms in total. The summed E-state index contributed by atoms with van der Waals surface area (Å²) >= 11 is 6.48. The van der Waals surface area contributed by atoms with Gasteiger partial charge >= 0.3 is 5.97 Å². The van der Waals surface area contributed by atoms with Gasteiger partial charge in [-0.1, -0.05) is 23.7 Å². The molecule has 0 amide bonds. The maximum atomic E-state index is 12.4. The van der Waals surface area contributed by atoms with E-state index < -0.39 is 12.1 Å². The Balaban J connectivity index is 1.57. The molecule has 4 aromatic rings. The van der Waals surface area contributed by atoms with Crippen molar-refractivity contribution in [1.82, 2.24) is 14.3 Å². The van der Waals surface area contributed by atoms with E-state index in [1.54, 1.807) is 38.1 Å². The molecule has 0 radical (unpaired) electrons. The Bertz CT molecular complexity index is 1410. The Morgan fingerprint density at radius 1 is 1.08 bits per heavy atom. The lowest BCUT2D eigenvalue weighted by atomic mass is 9.98. The SMILES string of the molecule is CCOC(=O)c1ccnn1CC[C@@H]1O[C@@H](c2cccc(OC)c2OC)c2cc(Cl)ccc2-n2cccc21. The maximum absolute atomic E-state index is 12.4. The van der Waals surface area contributed by atoms with Crippen molar-refractivity contribution in [2.24, 2.45) is 0 Å². The second kappa shape index (κ2) is 10.7. The Kier molecular flexibility index (Phi) is 7.21. The summed E-state index contributed by atoms with van der Waals surface area (Å²) in [5, 5.41) is 4.96. The number of ether oxygens (including phenoxy) is 4. The average molecular weight is 522 g/mol.